The van der Waals surface area contributed by atoms with Crippen molar-refractivity contribution in [2.45, 2.75) is 39.2 Å². The zero-order chi connectivity index (χ0) is 15.4. The molecule has 0 radical (unpaired) electrons. The van der Waals surface area contributed by atoms with Crippen LogP contribution in [0.5, 0.6) is 0 Å². The van der Waals surface area contributed by atoms with Gasteiger partial charge in [-0.3, -0.25) is 0 Å². The summed E-state index contributed by atoms with van der Waals surface area (Å²) in [7, 11) is 1.93. The molecular formula is C16H23BrN4. The van der Waals surface area contributed by atoms with Crippen LogP contribution < -0.4 is 5.32 Å². The molecule has 1 aromatic heterocycles. The lowest BCUT2D eigenvalue weighted by Gasteiger charge is -2.20. The van der Waals surface area contributed by atoms with E-state index in [9.17, 15) is 0 Å². The van der Waals surface area contributed by atoms with Crippen molar-refractivity contribution >= 4 is 15.9 Å². The summed E-state index contributed by atoms with van der Waals surface area (Å²) in [6.45, 7) is 7.55. The van der Waals surface area contributed by atoms with Gasteiger partial charge in [-0.25, -0.2) is 4.68 Å². The monoisotopic (exact) mass is 350 g/mol. The van der Waals surface area contributed by atoms with Crippen molar-refractivity contribution in [3.05, 3.63) is 45.7 Å². The third-order valence-corrected chi connectivity index (χ3v) is 4.20. The van der Waals surface area contributed by atoms with Gasteiger partial charge in [-0.05, 0) is 45.9 Å². The number of hydrogen-bond donors (Lipinski definition) is 1. The van der Waals surface area contributed by atoms with Gasteiger partial charge in [0.15, 0.2) is 4.60 Å². The first-order valence-corrected chi connectivity index (χ1v) is 8.22. The minimum absolute atomic E-state index is 0.0977. The summed E-state index contributed by atoms with van der Waals surface area (Å²) >= 11 is 3.51. The molecule has 2 rings (SSSR count). The van der Waals surface area contributed by atoms with Crippen molar-refractivity contribution in [1.82, 2.24) is 20.3 Å². The van der Waals surface area contributed by atoms with Gasteiger partial charge >= 0.3 is 0 Å². The van der Waals surface area contributed by atoms with Crippen LogP contribution in [0.25, 0.3) is 0 Å². The fraction of sp³-hybridized carbons (Fsp3) is 0.500. The zero-order valence-electron chi connectivity index (χ0n) is 13.1. The number of halogens is 1. The molecule has 21 heavy (non-hydrogen) atoms. The van der Waals surface area contributed by atoms with Crippen LogP contribution >= 0.6 is 15.9 Å². The first-order chi connectivity index (χ1) is 10.0. The molecule has 2 aromatic rings. The summed E-state index contributed by atoms with van der Waals surface area (Å²) in [5.41, 5.74) is 3.65. The van der Waals surface area contributed by atoms with Crippen molar-refractivity contribution in [1.29, 1.82) is 0 Å². The molecule has 1 heterocycles. The van der Waals surface area contributed by atoms with Crippen LogP contribution in [0.2, 0.25) is 0 Å². The Labute approximate surface area is 135 Å². The Morgan fingerprint density at radius 2 is 1.81 bits per heavy atom. The maximum absolute atomic E-state index is 4.11. The van der Waals surface area contributed by atoms with Crippen molar-refractivity contribution in [2.24, 2.45) is 7.05 Å². The lowest BCUT2D eigenvalue weighted by atomic mass is 9.98. The van der Waals surface area contributed by atoms with Crippen LogP contribution in [-0.2, 0) is 7.05 Å². The SMILES string of the molecule is CCCNC(c1ccc(C(C)C)cc1)c1c(Br)nnn1C. The molecule has 5 heteroatoms. The predicted octanol–water partition coefficient (Wildman–Crippen LogP) is 3.79. The van der Waals surface area contributed by atoms with E-state index in [1.54, 1.807) is 0 Å². The highest BCUT2D eigenvalue weighted by molar-refractivity contribution is 9.10. The molecule has 1 N–H and O–H groups in total. The summed E-state index contributed by atoms with van der Waals surface area (Å²) in [6.07, 6.45) is 1.09. The molecule has 114 valence electrons. The molecule has 1 aromatic carbocycles. The van der Waals surface area contributed by atoms with Gasteiger partial charge in [0.2, 0.25) is 0 Å². The largest absolute Gasteiger partial charge is 0.305 e. The maximum Gasteiger partial charge on any atom is 0.153 e. The van der Waals surface area contributed by atoms with Crippen LogP contribution in [0, 0.1) is 0 Å². The molecule has 1 unspecified atom stereocenters. The number of aromatic nitrogens is 3. The lowest BCUT2D eigenvalue weighted by Crippen LogP contribution is -2.25. The fourth-order valence-electron chi connectivity index (χ4n) is 2.38. The van der Waals surface area contributed by atoms with Gasteiger partial charge < -0.3 is 5.32 Å². The summed E-state index contributed by atoms with van der Waals surface area (Å²) < 4.78 is 2.62. The number of nitrogens with one attached hydrogen (secondary N) is 1. The summed E-state index contributed by atoms with van der Waals surface area (Å²) in [5, 5.41) is 11.8. The second-order valence-corrected chi connectivity index (χ2v) is 6.35. The van der Waals surface area contributed by atoms with E-state index in [0.717, 1.165) is 23.3 Å². The van der Waals surface area contributed by atoms with E-state index in [2.05, 4.69) is 76.6 Å². The van der Waals surface area contributed by atoms with E-state index >= 15 is 0 Å². The van der Waals surface area contributed by atoms with Gasteiger partial charge in [0.05, 0.1) is 11.7 Å². The van der Waals surface area contributed by atoms with Crippen LogP contribution in [0.1, 0.15) is 56.0 Å². The van der Waals surface area contributed by atoms with Crippen LogP contribution in [0.15, 0.2) is 28.9 Å². The minimum atomic E-state index is 0.0977. The predicted molar refractivity (Wildman–Crippen MR) is 89.4 cm³/mol. The Bertz CT molecular complexity index is 555. The van der Waals surface area contributed by atoms with E-state index < -0.39 is 0 Å². The van der Waals surface area contributed by atoms with Crippen molar-refractivity contribution in [2.75, 3.05) is 6.54 Å². The second-order valence-electron chi connectivity index (χ2n) is 5.60. The molecule has 0 aliphatic carbocycles. The Balaban J connectivity index is 2.36. The number of rotatable bonds is 6. The first-order valence-electron chi connectivity index (χ1n) is 7.42. The Hall–Kier alpha value is -1.20. The molecule has 0 amide bonds. The quantitative estimate of drug-likeness (QED) is 0.861. The third kappa shape index (κ3) is 3.71. The topological polar surface area (TPSA) is 42.7 Å². The molecular weight excluding hydrogens is 328 g/mol. The standard InChI is InChI=1S/C16H23BrN4/c1-5-10-18-14(15-16(17)19-20-21(15)4)13-8-6-12(7-9-13)11(2)3/h6-9,11,14,18H,5,10H2,1-4H3. The molecule has 0 saturated carbocycles. The maximum atomic E-state index is 4.11. The highest BCUT2D eigenvalue weighted by atomic mass is 79.9. The Kier molecular flexibility index (Phi) is 5.53. The van der Waals surface area contributed by atoms with Crippen molar-refractivity contribution < 1.29 is 0 Å². The van der Waals surface area contributed by atoms with E-state index in [-0.39, 0.29) is 6.04 Å². The first kappa shape index (κ1) is 16.2. The lowest BCUT2D eigenvalue weighted by molar-refractivity contribution is 0.549. The summed E-state index contributed by atoms with van der Waals surface area (Å²) in [4.78, 5) is 0. The van der Waals surface area contributed by atoms with E-state index in [1.807, 2.05) is 11.7 Å². The smallest absolute Gasteiger partial charge is 0.153 e. The van der Waals surface area contributed by atoms with Gasteiger partial charge in [-0.2, -0.15) is 0 Å². The summed E-state index contributed by atoms with van der Waals surface area (Å²) in [5.74, 6) is 0.547. The third-order valence-electron chi connectivity index (χ3n) is 3.64. The van der Waals surface area contributed by atoms with Crippen molar-refractivity contribution in [3.8, 4) is 0 Å². The molecule has 1 atom stereocenters. The van der Waals surface area contributed by atoms with Gasteiger partial charge in [0.1, 0.15) is 0 Å². The van der Waals surface area contributed by atoms with E-state index in [4.69, 9.17) is 0 Å². The average Bonchev–Trinajstić information content (AvgIpc) is 2.80. The van der Waals surface area contributed by atoms with Crippen LogP contribution in [-0.4, -0.2) is 21.5 Å². The molecule has 0 aliphatic heterocycles. The highest BCUT2D eigenvalue weighted by Crippen LogP contribution is 2.27. The van der Waals surface area contributed by atoms with Crippen LogP contribution in [0.3, 0.4) is 0 Å². The highest BCUT2D eigenvalue weighted by Gasteiger charge is 2.21. The van der Waals surface area contributed by atoms with E-state index in [0.29, 0.717) is 5.92 Å². The molecule has 0 spiro atoms. The molecule has 4 nitrogen and oxygen atoms in total. The van der Waals surface area contributed by atoms with Crippen LogP contribution in [0.4, 0.5) is 0 Å². The fourth-order valence-corrected chi connectivity index (χ4v) is 2.94. The zero-order valence-corrected chi connectivity index (χ0v) is 14.7. The Morgan fingerprint density at radius 3 is 2.29 bits per heavy atom. The molecule has 0 bridgehead atoms. The average molecular weight is 351 g/mol. The number of hydrogen-bond acceptors (Lipinski definition) is 3. The van der Waals surface area contributed by atoms with Gasteiger partial charge in [0.25, 0.3) is 0 Å². The minimum Gasteiger partial charge on any atom is -0.305 e. The van der Waals surface area contributed by atoms with Gasteiger partial charge in [-0.15, -0.1) is 5.10 Å². The second kappa shape index (κ2) is 7.18. The van der Waals surface area contributed by atoms with Gasteiger partial charge in [0, 0.05) is 7.05 Å². The van der Waals surface area contributed by atoms with Gasteiger partial charge in [-0.1, -0.05) is 50.3 Å². The molecule has 0 saturated heterocycles. The Morgan fingerprint density at radius 1 is 1.19 bits per heavy atom. The number of nitrogens with zero attached hydrogens (tertiary/aromatic N) is 3. The number of aryl methyl sites for hydroxylation is 1. The normalized spacial score (nSPS) is 12.9. The summed E-state index contributed by atoms with van der Waals surface area (Å²) in [6, 6.07) is 8.90. The number of benzene rings is 1. The molecule has 0 fully saturated rings. The van der Waals surface area contributed by atoms with Crippen molar-refractivity contribution in [3.63, 3.8) is 0 Å². The van der Waals surface area contributed by atoms with E-state index in [1.165, 1.54) is 11.1 Å². The molecule has 0 aliphatic rings.